The predicted molar refractivity (Wildman–Crippen MR) is 160 cm³/mol. The molecule has 1 saturated heterocycles. The van der Waals surface area contributed by atoms with Crippen LogP contribution < -0.4 is 19.1 Å². The summed E-state index contributed by atoms with van der Waals surface area (Å²) in [6, 6.07) is 30.6. The second-order valence-corrected chi connectivity index (χ2v) is 11.4. The highest BCUT2D eigenvalue weighted by Crippen LogP contribution is 2.56. The van der Waals surface area contributed by atoms with Crippen molar-refractivity contribution in [3.8, 4) is 17.2 Å². The Labute approximate surface area is 245 Å². The first kappa shape index (κ1) is 24.2. The summed E-state index contributed by atoms with van der Waals surface area (Å²) in [4.78, 5) is 44.2. The van der Waals surface area contributed by atoms with Crippen LogP contribution in [0.25, 0.3) is 27.1 Å². The minimum absolute atomic E-state index is 0.122. The predicted octanol–water partition coefficient (Wildman–Crippen LogP) is 6.24. The third kappa shape index (κ3) is 3.33. The minimum Gasteiger partial charge on any atom is -0.454 e. The summed E-state index contributed by atoms with van der Waals surface area (Å²) in [5.74, 6) is -2.70. The van der Waals surface area contributed by atoms with Crippen LogP contribution in [0.5, 0.6) is 17.2 Å². The molecule has 0 radical (unpaired) electrons. The maximum absolute atomic E-state index is 14.5. The summed E-state index contributed by atoms with van der Waals surface area (Å²) in [6.45, 7) is 0.122. The zero-order chi connectivity index (χ0) is 28.8. The van der Waals surface area contributed by atoms with Crippen molar-refractivity contribution in [1.29, 1.82) is 0 Å². The molecule has 5 aromatic carbocycles. The molecular weight excluding hydrogens is 542 g/mol. The number of imide groups is 1. The molecule has 7 heteroatoms. The monoisotopic (exact) mass is 565 g/mol. The molecule has 4 atom stereocenters. The van der Waals surface area contributed by atoms with Crippen LogP contribution in [0, 0.1) is 17.8 Å². The van der Waals surface area contributed by atoms with Crippen LogP contribution in [0.15, 0.2) is 103 Å². The van der Waals surface area contributed by atoms with Gasteiger partial charge in [0.2, 0.25) is 18.6 Å². The van der Waals surface area contributed by atoms with Gasteiger partial charge in [-0.05, 0) is 40.1 Å². The number of carbonyl (C=O) groups is 3. The van der Waals surface area contributed by atoms with Crippen LogP contribution in [-0.2, 0) is 14.4 Å². The average Bonchev–Trinajstić information content (AvgIpc) is 3.62. The molecule has 5 aromatic rings. The highest BCUT2D eigenvalue weighted by molar-refractivity contribution is 6.27. The van der Waals surface area contributed by atoms with Gasteiger partial charge in [-0.15, -0.1) is 0 Å². The first-order valence-corrected chi connectivity index (χ1v) is 14.3. The van der Waals surface area contributed by atoms with Crippen molar-refractivity contribution < 1.29 is 28.6 Å². The Morgan fingerprint density at radius 3 is 2.26 bits per heavy atom. The first-order chi connectivity index (χ1) is 21.1. The average molecular weight is 566 g/mol. The molecule has 4 aliphatic rings. The molecular formula is C36H23NO6. The maximum Gasteiger partial charge on any atom is 0.319 e. The highest BCUT2D eigenvalue weighted by Gasteiger charge is 2.60. The minimum atomic E-state index is -0.936. The summed E-state index contributed by atoms with van der Waals surface area (Å²) in [5.41, 5.74) is 2.80. The lowest BCUT2D eigenvalue weighted by atomic mass is 9.64. The fourth-order valence-electron chi connectivity index (χ4n) is 7.38. The molecule has 0 aromatic heterocycles. The van der Waals surface area contributed by atoms with Gasteiger partial charge in [0.05, 0.1) is 23.4 Å². The van der Waals surface area contributed by atoms with Crippen LogP contribution >= 0.6 is 0 Å². The van der Waals surface area contributed by atoms with E-state index in [2.05, 4.69) is 0 Å². The van der Waals surface area contributed by atoms with Gasteiger partial charge < -0.3 is 14.2 Å². The topological polar surface area (TPSA) is 82.1 Å². The Balaban J connectivity index is 1.27. The summed E-state index contributed by atoms with van der Waals surface area (Å²) < 4.78 is 17.2. The van der Waals surface area contributed by atoms with Gasteiger partial charge in [-0.3, -0.25) is 14.4 Å². The van der Waals surface area contributed by atoms with Crippen molar-refractivity contribution in [2.24, 2.45) is 17.8 Å². The zero-order valence-electron chi connectivity index (χ0n) is 22.7. The Hall–Kier alpha value is -5.43. The molecule has 208 valence electrons. The highest BCUT2D eigenvalue weighted by atomic mass is 16.7. The van der Waals surface area contributed by atoms with Crippen molar-refractivity contribution >= 4 is 50.6 Å². The number of benzene rings is 5. The summed E-state index contributed by atoms with van der Waals surface area (Å²) >= 11 is 0. The molecule has 0 N–H and O–H groups in total. The number of allylic oxidation sites excluding steroid dienone is 1. The van der Waals surface area contributed by atoms with Gasteiger partial charge in [-0.1, -0.05) is 84.9 Å². The fraction of sp³-hybridized carbons (Fsp3) is 0.139. The zero-order valence-corrected chi connectivity index (χ0v) is 22.7. The summed E-state index contributed by atoms with van der Waals surface area (Å²) in [6.07, 6.45) is 2.00. The van der Waals surface area contributed by atoms with E-state index in [1.165, 1.54) is 4.90 Å². The van der Waals surface area contributed by atoms with Crippen molar-refractivity contribution in [1.82, 2.24) is 0 Å². The van der Waals surface area contributed by atoms with Crippen LogP contribution in [0.1, 0.15) is 17.0 Å². The lowest BCUT2D eigenvalue weighted by Gasteiger charge is -2.38. The molecule has 9 rings (SSSR count). The second kappa shape index (κ2) is 8.79. The molecule has 1 aliphatic carbocycles. The van der Waals surface area contributed by atoms with E-state index in [1.54, 1.807) is 6.07 Å². The number of hydrogen-bond donors (Lipinski definition) is 0. The Kier molecular flexibility index (Phi) is 4.94. The molecule has 0 bridgehead atoms. The van der Waals surface area contributed by atoms with Crippen molar-refractivity contribution in [2.45, 2.75) is 5.92 Å². The molecule has 0 unspecified atom stereocenters. The van der Waals surface area contributed by atoms with Gasteiger partial charge in [-0.25, -0.2) is 4.90 Å². The fourth-order valence-corrected chi connectivity index (χ4v) is 7.38. The van der Waals surface area contributed by atoms with E-state index < -0.39 is 35.5 Å². The van der Waals surface area contributed by atoms with Gasteiger partial charge in [-0.2, -0.15) is 0 Å². The number of hydrogen-bond acceptors (Lipinski definition) is 6. The molecule has 0 saturated carbocycles. The number of amides is 2. The summed E-state index contributed by atoms with van der Waals surface area (Å²) in [7, 11) is 0. The molecule has 0 spiro atoms. The van der Waals surface area contributed by atoms with Gasteiger partial charge >= 0.3 is 5.97 Å². The van der Waals surface area contributed by atoms with Crippen LogP contribution in [0.2, 0.25) is 0 Å². The smallest absolute Gasteiger partial charge is 0.319 e. The van der Waals surface area contributed by atoms with E-state index >= 15 is 0 Å². The van der Waals surface area contributed by atoms with E-state index in [1.807, 2.05) is 97.1 Å². The number of anilines is 1. The van der Waals surface area contributed by atoms with Crippen LogP contribution in [0.4, 0.5) is 5.69 Å². The first-order valence-electron chi connectivity index (χ1n) is 14.3. The van der Waals surface area contributed by atoms with Crippen LogP contribution in [0.3, 0.4) is 0 Å². The van der Waals surface area contributed by atoms with Crippen molar-refractivity contribution in [3.63, 3.8) is 0 Å². The second-order valence-electron chi connectivity index (χ2n) is 11.4. The summed E-state index contributed by atoms with van der Waals surface area (Å²) in [5, 5.41) is 3.48. The Morgan fingerprint density at radius 1 is 0.674 bits per heavy atom. The molecule has 1 fully saturated rings. The van der Waals surface area contributed by atoms with E-state index in [4.69, 9.17) is 14.2 Å². The Bertz CT molecular complexity index is 2090. The molecule has 3 heterocycles. The molecule has 3 aliphatic heterocycles. The van der Waals surface area contributed by atoms with Crippen molar-refractivity contribution in [3.05, 3.63) is 114 Å². The Morgan fingerprint density at radius 2 is 1.40 bits per heavy atom. The largest absolute Gasteiger partial charge is 0.454 e. The number of esters is 1. The lowest BCUT2D eigenvalue weighted by Crippen LogP contribution is -2.42. The van der Waals surface area contributed by atoms with Crippen molar-refractivity contribution in [2.75, 3.05) is 11.7 Å². The molecule has 43 heavy (non-hydrogen) atoms. The maximum atomic E-state index is 14.5. The SMILES string of the molecule is O=C1Oc2c(ccc3ccccc23)C2=C[C@H](c3ccc4c(c3)OCO4)[C@@H]3C(=O)N(c4cccc5ccccc45)C(=O)[C@@H]3[C@@H]12. The number of carbonyl (C=O) groups excluding carboxylic acids is 3. The van der Waals surface area contributed by atoms with E-state index in [-0.39, 0.29) is 12.7 Å². The van der Waals surface area contributed by atoms with Crippen LogP contribution in [-0.4, -0.2) is 24.6 Å². The third-order valence-electron chi connectivity index (χ3n) is 9.27. The normalized spacial score (nSPS) is 23.6. The quantitative estimate of drug-likeness (QED) is 0.143. The molecule has 2 amide bonds. The standard InChI is InChI=1S/C36H23NO6/c38-34-30-25(21-13-15-28-29(16-21)42-18-41-28)17-26-24-14-12-20-7-2-4-10-23(20)33(24)43-36(40)31(26)32(30)35(39)37(34)27-11-5-8-19-6-1-3-9-22(19)27/h1-17,25,30-32H,18H2/t25-,30+,31+,32+/m1/s1. The molecule has 7 nitrogen and oxygen atoms in total. The van der Waals surface area contributed by atoms with Gasteiger partial charge in [0.25, 0.3) is 0 Å². The number of nitrogens with zero attached hydrogens (tertiary/aromatic N) is 1. The van der Waals surface area contributed by atoms with E-state index in [0.29, 0.717) is 28.5 Å². The van der Waals surface area contributed by atoms with Gasteiger partial charge in [0.1, 0.15) is 5.75 Å². The van der Waals surface area contributed by atoms with E-state index in [9.17, 15) is 14.4 Å². The number of ether oxygens (including phenoxy) is 3. The van der Waals surface area contributed by atoms with E-state index in [0.717, 1.165) is 32.7 Å². The lowest BCUT2D eigenvalue weighted by molar-refractivity contribution is -0.142. The van der Waals surface area contributed by atoms with Gasteiger partial charge in [0, 0.05) is 22.3 Å². The van der Waals surface area contributed by atoms with Gasteiger partial charge in [0.15, 0.2) is 11.5 Å². The third-order valence-corrected chi connectivity index (χ3v) is 9.27. The number of rotatable bonds is 2. The number of fused-ring (bicyclic) bond motifs is 9.